The zero-order valence-electron chi connectivity index (χ0n) is 14.8. The first kappa shape index (κ1) is 16.8. The molecular weight excluding hydrogens is 328 g/mol. The maximum Gasteiger partial charge on any atom is 0.256 e. The molecule has 0 bridgehead atoms. The van der Waals surface area contributed by atoms with Crippen molar-refractivity contribution in [3.8, 4) is 0 Å². The van der Waals surface area contributed by atoms with Crippen molar-refractivity contribution in [2.75, 3.05) is 45.1 Å². The summed E-state index contributed by atoms with van der Waals surface area (Å²) in [6, 6.07) is 13.1. The first-order valence-electron chi connectivity index (χ1n) is 8.86. The van der Waals surface area contributed by atoms with Crippen LogP contribution in [0.2, 0.25) is 0 Å². The predicted molar refractivity (Wildman–Crippen MR) is 105 cm³/mol. The highest BCUT2D eigenvalue weighted by molar-refractivity contribution is 6.07. The number of H-pyrrole nitrogens is 1. The highest BCUT2D eigenvalue weighted by atomic mass is 16.2. The fraction of sp³-hybridized carbons (Fsp3) is 0.300. The van der Waals surface area contributed by atoms with E-state index in [4.69, 9.17) is 0 Å². The molecule has 6 nitrogen and oxygen atoms in total. The molecule has 0 atom stereocenters. The van der Waals surface area contributed by atoms with E-state index in [9.17, 15) is 9.59 Å². The third-order valence-corrected chi connectivity index (χ3v) is 4.98. The van der Waals surface area contributed by atoms with Gasteiger partial charge in [-0.2, -0.15) is 0 Å². The Bertz CT molecular complexity index is 1020. The Morgan fingerprint density at radius 1 is 1.04 bits per heavy atom. The molecule has 0 saturated carbocycles. The number of fused-ring (bicyclic) bond motifs is 3. The van der Waals surface area contributed by atoms with Crippen LogP contribution in [-0.4, -0.2) is 60.5 Å². The topological polar surface area (TPSA) is 68.4 Å². The molecule has 1 amide bonds. The van der Waals surface area contributed by atoms with Gasteiger partial charge in [-0.05, 0) is 36.7 Å². The van der Waals surface area contributed by atoms with Crippen LogP contribution in [0.4, 0.5) is 5.69 Å². The fourth-order valence-corrected chi connectivity index (χ4v) is 3.47. The van der Waals surface area contributed by atoms with Gasteiger partial charge in [0.15, 0.2) is 0 Å². The lowest BCUT2D eigenvalue weighted by molar-refractivity contribution is -0.117. The molecule has 0 radical (unpaired) electrons. The monoisotopic (exact) mass is 350 g/mol. The minimum absolute atomic E-state index is 0.0115. The number of anilines is 1. The number of hydrogen-bond donors (Lipinski definition) is 2. The number of carbonyl (C=O) groups excluding carboxylic acids is 1. The summed E-state index contributed by atoms with van der Waals surface area (Å²) in [7, 11) is 2.10. The first-order valence-corrected chi connectivity index (χ1v) is 8.86. The van der Waals surface area contributed by atoms with Crippen LogP contribution >= 0.6 is 0 Å². The number of benzene rings is 2. The van der Waals surface area contributed by atoms with Crippen LogP contribution in [-0.2, 0) is 4.79 Å². The van der Waals surface area contributed by atoms with Crippen molar-refractivity contribution in [1.82, 2.24) is 14.8 Å². The zero-order valence-corrected chi connectivity index (χ0v) is 14.8. The molecule has 1 saturated heterocycles. The molecule has 3 aromatic rings. The molecule has 2 heterocycles. The third kappa shape index (κ3) is 3.34. The predicted octanol–water partition coefficient (Wildman–Crippen LogP) is 1.87. The minimum Gasteiger partial charge on any atom is -0.325 e. The van der Waals surface area contributed by atoms with Crippen molar-refractivity contribution in [2.24, 2.45) is 0 Å². The number of likely N-dealkylation sites (N-methyl/N-ethyl adjacent to an activating group) is 1. The maximum absolute atomic E-state index is 12.4. The Kier molecular flexibility index (Phi) is 4.44. The molecule has 134 valence electrons. The van der Waals surface area contributed by atoms with Gasteiger partial charge in [0.05, 0.1) is 6.54 Å². The zero-order chi connectivity index (χ0) is 18.1. The molecule has 0 unspecified atom stereocenters. The van der Waals surface area contributed by atoms with Gasteiger partial charge in [0.1, 0.15) is 0 Å². The van der Waals surface area contributed by atoms with Crippen LogP contribution in [0, 0.1) is 0 Å². The van der Waals surface area contributed by atoms with Gasteiger partial charge in [-0.3, -0.25) is 14.5 Å². The quantitative estimate of drug-likeness (QED) is 0.708. The van der Waals surface area contributed by atoms with Crippen molar-refractivity contribution in [3.63, 3.8) is 0 Å². The molecule has 1 aliphatic heterocycles. The van der Waals surface area contributed by atoms with Gasteiger partial charge in [0.25, 0.3) is 5.56 Å². The highest BCUT2D eigenvalue weighted by Gasteiger charge is 2.16. The Hall–Kier alpha value is -2.70. The number of amides is 1. The van der Waals surface area contributed by atoms with E-state index in [0.29, 0.717) is 11.9 Å². The van der Waals surface area contributed by atoms with Crippen LogP contribution in [0.3, 0.4) is 0 Å². The number of piperazine rings is 1. The number of nitrogens with zero attached hydrogens (tertiary/aromatic N) is 2. The normalized spacial score (nSPS) is 16.2. The van der Waals surface area contributed by atoms with E-state index in [1.165, 1.54) is 0 Å². The summed E-state index contributed by atoms with van der Waals surface area (Å²) < 4.78 is 0. The van der Waals surface area contributed by atoms with Gasteiger partial charge in [-0.25, -0.2) is 0 Å². The van der Waals surface area contributed by atoms with Gasteiger partial charge in [-0.15, -0.1) is 0 Å². The van der Waals surface area contributed by atoms with Gasteiger partial charge >= 0.3 is 0 Å². The lowest BCUT2D eigenvalue weighted by Crippen LogP contribution is -2.47. The molecule has 1 aromatic heterocycles. The average Bonchev–Trinajstić information content (AvgIpc) is 2.64. The number of pyridine rings is 1. The Morgan fingerprint density at radius 3 is 2.54 bits per heavy atom. The summed E-state index contributed by atoms with van der Waals surface area (Å²) in [6.07, 6.45) is 0. The Balaban J connectivity index is 1.57. The molecule has 0 spiro atoms. The Labute approximate surface area is 151 Å². The largest absolute Gasteiger partial charge is 0.325 e. The fourth-order valence-electron chi connectivity index (χ4n) is 3.47. The van der Waals surface area contributed by atoms with Crippen LogP contribution < -0.4 is 10.9 Å². The van der Waals surface area contributed by atoms with Crippen LogP contribution in [0.25, 0.3) is 21.7 Å². The second kappa shape index (κ2) is 6.90. The van der Waals surface area contributed by atoms with E-state index in [1.807, 2.05) is 42.5 Å². The first-order chi connectivity index (χ1) is 12.6. The molecule has 1 fully saturated rings. The summed E-state index contributed by atoms with van der Waals surface area (Å²) in [5.41, 5.74) is 1.42. The number of aromatic nitrogens is 1. The molecule has 2 N–H and O–H groups in total. The molecule has 26 heavy (non-hydrogen) atoms. The average molecular weight is 350 g/mol. The van der Waals surface area contributed by atoms with E-state index in [1.54, 1.807) is 0 Å². The molecule has 0 aliphatic carbocycles. The van der Waals surface area contributed by atoms with E-state index in [0.717, 1.165) is 48.2 Å². The molecular formula is C20H22N4O2. The van der Waals surface area contributed by atoms with Crippen molar-refractivity contribution in [2.45, 2.75) is 0 Å². The summed E-state index contributed by atoms with van der Waals surface area (Å²) in [5, 5.41) is 5.46. The van der Waals surface area contributed by atoms with E-state index >= 15 is 0 Å². The second-order valence-corrected chi connectivity index (χ2v) is 6.89. The van der Waals surface area contributed by atoms with Crippen molar-refractivity contribution < 1.29 is 4.79 Å². The Morgan fingerprint density at radius 2 is 1.77 bits per heavy atom. The smallest absolute Gasteiger partial charge is 0.256 e. The van der Waals surface area contributed by atoms with E-state index < -0.39 is 0 Å². The lowest BCUT2D eigenvalue weighted by atomic mass is 10.1. The number of hydrogen-bond acceptors (Lipinski definition) is 4. The number of nitrogens with one attached hydrogen (secondary N) is 2. The summed E-state index contributed by atoms with van der Waals surface area (Å²) in [6.45, 7) is 4.20. The summed E-state index contributed by atoms with van der Waals surface area (Å²) >= 11 is 0. The van der Waals surface area contributed by atoms with Gasteiger partial charge in [0.2, 0.25) is 5.91 Å². The van der Waals surface area contributed by atoms with Crippen LogP contribution in [0.1, 0.15) is 0 Å². The van der Waals surface area contributed by atoms with Gasteiger partial charge in [-0.1, -0.05) is 18.2 Å². The van der Waals surface area contributed by atoms with Crippen molar-refractivity contribution in [1.29, 1.82) is 0 Å². The summed E-state index contributed by atoms with van der Waals surface area (Å²) in [5.74, 6) is -0.0115. The molecule has 6 heteroatoms. The third-order valence-electron chi connectivity index (χ3n) is 4.98. The molecule has 2 aromatic carbocycles. The summed E-state index contributed by atoms with van der Waals surface area (Å²) in [4.78, 5) is 31.9. The van der Waals surface area contributed by atoms with Gasteiger partial charge < -0.3 is 15.2 Å². The second-order valence-electron chi connectivity index (χ2n) is 6.89. The highest BCUT2D eigenvalue weighted by Crippen LogP contribution is 2.24. The van der Waals surface area contributed by atoms with Crippen LogP contribution in [0.5, 0.6) is 0 Å². The number of aromatic amines is 1. The minimum atomic E-state index is -0.0973. The van der Waals surface area contributed by atoms with Gasteiger partial charge in [0, 0.05) is 48.2 Å². The lowest BCUT2D eigenvalue weighted by Gasteiger charge is -2.31. The maximum atomic E-state index is 12.4. The van der Waals surface area contributed by atoms with Crippen molar-refractivity contribution in [3.05, 3.63) is 52.8 Å². The van der Waals surface area contributed by atoms with Crippen LogP contribution in [0.15, 0.2) is 47.3 Å². The van der Waals surface area contributed by atoms with E-state index in [2.05, 4.69) is 27.1 Å². The molecule has 4 rings (SSSR count). The number of rotatable bonds is 3. The standard InChI is InChI=1S/C20H22N4O2/c1-23-8-10-24(11-9-23)13-19(25)21-14-6-7-18-17(12-14)15-4-2-3-5-16(15)20(26)22-18/h2-7,12H,8-11,13H2,1H3,(H,21,25)(H,22,26). The van der Waals surface area contributed by atoms with Crippen molar-refractivity contribution >= 4 is 33.3 Å². The number of carbonyl (C=O) groups is 1. The molecule has 1 aliphatic rings. The SMILES string of the molecule is CN1CCN(CC(=O)Nc2ccc3[nH]c(=O)c4ccccc4c3c2)CC1. The van der Waals surface area contributed by atoms with E-state index in [-0.39, 0.29) is 11.5 Å².